The Labute approximate surface area is 194 Å². The molecule has 0 fully saturated rings. The Morgan fingerprint density at radius 3 is 2.24 bits per heavy atom. The first-order valence-electron chi connectivity index (χ1n) is 10.9. The van der Waals surface area contributed by atoms with Gasteiger partial charge in [0.1, 0.15) is 11.6 Å². The molecule has 3 aromatic rings. The van der Waals surface area contributed by atoms with Gasteiger partial charge in [-0.25, -0.2) is 4.39 Å². The lowest BCUT2D eigenvalue weighted by atomic mass is 10.1. The molecular formula is C27H29FN2O3. The third kappa shape index (κ3) is 6.91. The molecule has 2 amide bonds. The van der Waals surface area contributed by atoms with E-state index in [2.05, 4.69) is 5.32 Å². The molecule has 33 heavy (non-hydrogen) atoms. The first-order valence-corrected chi connectivity index (χ1v) is 10.9. The zero-order chi connectivity index (χ0) is 23.8. The van der Waals surface area contributed by atoms with Gasteiger partial charge in [-0.1, -0.05) is 44.2 Å². The molecule has 1 N–H and O–H groups in total. The second-order valence-electron chi connectivity index (χ2n) is 8.29. The van der Waals surface area contributed by atoms with Crippen molar-refractivity contribution in [1.29, 1.82) is 0 Å². The van der Waals surface area contributed by atoms with Crippen molar-refractivity contribution in [2.24, 2.45) is 5.92 Å². The largest absolute Gasteiger partial charge is 0.497 e. The zero-order valence-corrected chi connectivity index (χ0v) is 19.2. The fourth-order valence-corrected chi connectivity index (χ4v) is 3.33. The Morgan fingerprint density at radius 1 is 0.970 bits per heavy atom. The number of rotatable bonds is 9. The molecular weight excluding hydrogens is 419 g/mol. The highest BCUT2D eigenvalue weighted by Gasteiger charge is 2.19. The van der Waals surface area contributed by atoms with Crippen LogP contribution < -0.4 is 15.0 Å². The number of hydrogen-bond acceptors (Lipinski definition) is 3. The lowest BCUT2D eigenvalue weighted by Crippen LogP contribution is -2.30. The predicted octanol–water partition coefficient (Wildman–Crippen LogP) is 5.00. The van der Waals surface area contributed by atoms with Crippen LogP contribution in [0.1, 0.15) is 35.3 Å². The number of anilines is 1. The van der Waals surface area contributed by atoms with Crippen LogP contribution >= 0.6 is 0 Å². The van der Waals surface area contributed by atoms with Gasteiger partial charge < -0.3 is 15.0 Å². The molecule has 0 spiro atoms. The maximum atomic E-state index is 13.8. The van der Waals surface area contributed by atoms with E-state index in [0.29, 0.717) is 24.7 Å². The number of ether oxygens (including phenoxy) is 1. The van der Waals surface area contributed by atoms with Gasteiger partial charge in [0.2, 0.25) is 5.91 Å². The number of benzene rings is 3. The SMILES string of the molecule is COc1ccc(CN(C(=O)c2cccc(F)c2)c2ccc(CC(=O)NCC(C)C)cc2)cc1. The first-order chi connectivity index (χ1) is 15.9. The average molecular weight is 449 g/mol. The second kappa shape index (κ2) is 11.3. The van der Waals surface area contributed by atoms with Gasteiger partial charge in [0.05, 0.1) is 20.1 Å². The van der Waals surface area contributed by atoms with Gasteiger partial charge in [0.15, 0.2) is 0 Å². The standard InChI is InChI=1S/C27H29FN2O3/c1-19(2)17-29-26(31)15-20-7-11-24(12-8-20)30(18-21-9-13-25(33-3)14-10-21)27(32)22-5-4-6-23(28)16-22/h4-14,16,19H,15,17-18H2,1-3H3,(H,29,31). The summed E-state index contributed by atoms with van der Waals surface area (Å²) >= 11 is 0. The van der Waals surface area contributed by atoms with Gasteiger partial charge in [-0.05, 0) is 59.5 Å². The number of methoxy groups -OCH3 is 1. The molecule has 0 saturated heterocycles. The van der Waals surface area contributed by atoms with E-state index < -0.39 is 5.82 Å². The molecule has 0 heterocycles. The van der Waals surface area contributed by atoms with Crippen LogP contribution in [0.3, 0.4) is 0 Å². The summed E-state index contributed by atoms with van der Waals surface area (Å²) in [6, 6.07) is 20.4. The molecule has 0 unspecified atom stereocenters. The number of carbonyl (C=O) groups is 2. The molecule has 0 bridgehead atoms. The summed E-state index contributed by atoms with van der Waals surface area (Å²) in [5.41, 5.74) is 2.67. The first kappa shape index (κ1) is 24.0. The number of hydrogen-bond donors (Lipinski definition) is 1. The van der Waals surface area contributed by atoms with Crippen LogP contribution in [-0.4, -0.2) is 25.5 Å². The highest BCUT2D eigenvalue weighted by molar-refractivity contribution is 6.06. The molecule has 0 atom stereocenters. The summed E-state index contributed by atoms with van der Waals surface area (Å²) in [5, 5.41) is 2.91. The summed E-state index contributed by atoms with van der Waals surface area (Å²) in [5.74, 6) is 0.293. The quantitative estimate of drug-likeness (QED) is 0.501. The molecule has 0 radical (unpaired) electrons. The molecule has 0 aliphatic heterocycles. The van der Waals surface area contributed by atoms with E-state index >= 15 is 0 Å². The predicted molar refractivity (Wildman–Crippen MR) is 128 cm³/mol. The third-order valence-corrected chi connectivity index (χ3v) is 5.14. The van der Waals surface area contributed by atoms with E-state index in [1.165, 1.54) is 18.2 Å². The van der Waals surface area contributed by atoms with Crippen LogP contribution in [0.15, 0.2) is 72.8 Å². The summed E-state index contributed by atoms with van der Waals surface area (Å²) < 4.78 is 19.0. The van der Waals surface area contributed by atoms with E-state index in [4.69, 9.17) is 4.74 Å². The lowest BCUT2D eigenvalue weighted by Gasteiger charge is -2.24. The molecule has 0 saturated carbocycles. The molecule has 0 aliphatic carbocycles. The van der Waals surface area contributed by atoms with Crippen molar-refractivity contribution in [2.75, 3.05) is 18.6 Å². The molecule has 6 heteroatoms. The van der Waals surface area contributed by atoms with Gasteiger partial charge in [0.25, 0.3) is 5.91 Å². The summed E-state index contributed by atoms with van der Waals surface area (Å²) in [4.78, 5) is 27.0. The van der Waals surface area contributed by atoms with Crippen molar-refractivity contribution in [3.05, 3.63) is 95.3 Å². The Bertz CT molecular complexity index is 1080. The average Bonchev–Trinajstić information content (AvgIpc) is 2.82. The summed E-state index contributed by atoms with van der Waals surface area (Å²) in [7, 11) is 1.60. The van der Waals surface area contributed by atoms with E-state index in [0.717, 1.165) is 16.9 Å². The fraction of sp³-hybridized carbons (Fsp3) is 0.259. The number of carbonyl (C=O) groups excluding carboxylic acids is 2. The van der Waals surface area contributed by atoms with E-state index in [1.807, 2.05) is 62.4 Å². The van der Waals surface area contributed by atoms with Gasteiger partial charge >= 0.3 is 0 Å². The van der Waals surface area contributed by atoms with Crippen molar-refractivity contribution in [3.8, 4) is 5.75 Å². The van der Waals surface area contributed by atoms with Crippen LogP contribution in [0.2, 0.25) is 0 Å². The van der Waals surface area contributed by atoms with Gasteiger partial charge in [0, 0.05) is 17.8 Å². The maximum Gasteiger partial charge on any atom is 0.258 e. The Hall–Kier alpha value is -3.67. The van der Waals surface area contributed by atoms with Gasteiger partial charge in [-0.3, -0.25) is 9.59 Å². The zero-order valence-electron chi connectivity index (χ0n) is 19.2. The smallest absolute Gasteiger partial charge is 0.258 e. The normalized spacial score (nSPS) is 10.7. The minimum Gasteiger partial charge on any atom is -0.497 e. The van der Waals surface area contributed by atoms with Crippen molar-refractivity contribution in [3.63, 3.8) is 0 Å². The molecule has 3 aromatic carbocycles. The number of halogens is 1. The molecule has 0 aromatic heterocycles. The van der Waals surface area contributed by atoms with Crippen LogP contribution in [0.5, 0.6) is 5.75 Å². The fourth-order valence-electron chi connectivity index (χ4n) is 3.33. The van der Waals surface area contributed by atoms with Crippen LogP contribution in [0.4, 0.5) is 10.1 Å². The highest BCUT2D eigenvalue weighted by Crippen LogP contribution is 2.23. The number of nitrogens with one attached hydrogen (secondary N) is 1. The minimum absolute atomic E-state index is 0.0395. The van der Waals surface area contributed by atoms with Gasteiger partial charge in [-0.15, -0.1) is 0 Å². The lowest BCUT2D eigenvalue weighted by molar-refractivity contribution is -0.120. The van der Waals surface area contributed by atoms with Gasteiger partial charge in [-0.2, -0.15) is 0 Å². The molecule has 3 rings (SSSR count). The summed E-state index contributed by atoms with van der Waals surface area (Å²) in [6.07, 6.45) is 0.267. The monoisotopic (exact) mass is 448 g/mol. The second-order valence-corrected chi connectivity index (χ2v) is 8.29. The Morgan fingerprint density at radius 2 is 1.64 bits per heavy atom. The minimum atomic E-state index is -0.465. The molecule has 172 valence electrons. The topological polar surface area (TPSA) is 58.6 Å². The van der Waals surface area contributed by atoms with E-state index in [-0.39, 0.29) is 23.8 Å². The van der Waals surface area contributed by atoms with E-state index in [9.17, 15) is 14.0 Å². The van der Waals surface area contributed by atoms with Crippen LogP contribution in [0.25, 0.3) is 0 Å². The number of amides is 2. The Kier molecular flexibility index (Phi) is 8.19. The molecule has 5 nitrogen and oxygen atoms in total. The number of nitrogens with zero attached hydrogens (tertiary/aromatic N) is 1. The third-order valence-electron chi connectivity index (χ3n) is 5.14. The van der Waals surface area contributed by atoms with Crippen molar-refractivity contribution in [1.82, 2.24) is 5.32 Å². The van der Waals surface area contributed by atoms with E-state index in [1.54, 1.807) is 18.1 Å². The molecule has 0 aliphatic rings. The van der Waals surface area contributed by atoms with Crippen molar-refractivity contribution < 1.29 is 18.7 Å². The highest BCUT2D eigenvalue weighted by atomic mass is 19.1. The van der Waals surface area contributed by atoms with Crippen LogP contribution in [-0.2, 0) is 17.8 Å². The maximum absolute atomic E-state index is 13.8. The van der Waals surface area contributed by atoms with Crippen molar-refractivity contribution >= 4 is 17.5 Å². The van der Waals surface area contributed by atoms with Crippen LogP contribution in [0, 0.1) is 11.7 Å². The van der Waals surface area contributed by atoms with Crippen molar-refractivity contribution in [2.45, 2.75) is 26.8 Å². The summed E-state index contributed by atoms with van der Waals surface area (Å²) in [6.45, 7) is 5.02. The Balaban J connectivity index is 1.83.